The van der Waals surface area contributed by atoms with Crippen molar-refractivity contribution in [1.82, 2.24) is 5.06 Å². The molecule has 2 aliphatic rings. The zero-order chi connectivity index (χ0) is 21.2. The molecule has 6 nitrogen and oxygen atoms in total. The van der Waals surface area contributed by atoms with Crippen LogP contribution < -0.4 is 9.94 Å². The van der Waals surface area contributed by atoms with Gasteiger partial charge < -0.3 is 19.5 Å². The smallest absolute Gasteiger partial charge is 0.309 e. The standard InChI is InChI=1S/C23H33NO5/c1-22(2)14-17(21(27)28-18-12-10-16(11-13-18)20(25)26)15-23(3,4)24(22)29-19-8-6-5-7-9-19/h5-9,16-18H,10-15H2,1-4H3,(H,25,26)/p-1. The SMILES string of the molecule is CC1(C)CC(C(=O)OC2CCC(C(=O)[O-])CC2)CC(C)(C)N1Oc1ccccc1. The molecule has 6 heteroatoms. The molecule has 0 aromatic heterocycles. The van der Waals surface area contributed by atoms with Crippen LogP contribution in [0, 0.1) is 11.8 Å². The molecular formula is C23H32NO5-. The lowest BCUT2D eigenvalue weighted by Crippen LogP contribution is -2.62. The van der Waals surface area contributed by atoms with Crippen LogP contribution in [-0.2, 0) is 14.3 Å². The third-order valence-electron chi connectivity index (χ3n) is 6.16. The number of benzene rings is 1. The third-order valence-corrected chi connectivity index (χ3v) is 6.16. The molecule has 0 spiro atoms. The molecule has 160 valence electrons. The number of esters is 1. The number of carboxylic acids is 1. The predicted molar refractivity (Wildman–Crippen MR) is 107 cm³/mol. The van der Waals surface area contributed by atoms with Gasteiger partial charge in [0.1, 0.15) is 11.9 Å². The van der Waals surface area contributed by atoms with Crippen LogP contribution >= 0.6 is 0 Å². The number of para-hydroxylation sites is 1. The van der Waals surface area contributed by atoms with E-state index in [1.54, 1.807) is 0 Å². The minimum absolute atomic E-state index is 0.178. The van der Waals surface area contributed by atoms with Crippen LogP contribution in [0.25, 0.3) is 0 Å². The summed E-state index contributed by atoms with van der Waals surface area (Å²) in [7, 11) is 0. The average Bonchev–Trinajstić information content (AvgIpc) is 2.65. The van der Waals surface area contributed by atoms with E-state index in [1.165, 1.54) is 0 Å². The minimum atomic E-state index is -0.996. The molecule has 1 saturated carbocycles. The van der Waals surface area contributed by atoms with Crippen molar-refractivity contribution in [3.8, 4) is 5.75 Å². The largest absolute Gasteiger partial charge is 0.550 e. The van der Waals surface area contributed by atoms with Crippen LogP contribution in [-0.4, -0.2) is 34.2 Å². The first kappa shape index (κ1) is 21.6. The lowest BCUT2D eigenvalue weighted by atomic mass is 9.75. The van der Waals surface area contributed by atoms with Gasteiger partial charge in [-0.2, -0.15) is 0 Å². The molecule has 1 aliphatic heterocycles. The normalized spacial score (nSPS) is 27.2. The first-order valence-corrected chi connectivity index (χ1v) is 10.5. The van der Waals surface area contributed by atoms with Crippen molar-refractivity contribution in [2.75, 3.05) is 0 Å². The summed E-state index contributed by atoms with van der Waals surface area (Å²) >= 11 is 0. The van der Waals surface area contributed by atoms with Gasteiger partial charge in [0, 0.05) is 5.97 Å². The van der Waals surface area contributed by atoms with Gasteiger partial charge in [-0.15, -0.1) is 5.06 Å². The Hall–Kier alpha value is -2.08. The van der Waals surface area contributed by atoms with Gasteiger partial charge in [0.15, 0.2) is 0 Å². The maximum Gasteiger partial charge on any atom is 0.309 e. The fourth-order valence-electron chi connectivity index (χ4n) is 4.94. The summed E-state index contributed by atoms with van der Waals surface area (Å²) in [6, 6.07) is 9.68. The Morgan fingerprint density at radius 3 is 2.00 bits per heavy atom. The molecule has 1 aromatic carbocycles. The highest BCUT2D eigenvalue weighted by Gasteiger charge is 2.50. The van der Waals surface area contributed by atoms with Gasteiger partial charge in [-0.3, -0.25) is 4.79 Å². The summed E-state index contributed by atoms with van der Waals surface area (Å²) in [6.45, 7) is 8.34. The van der Waals surface area contributed by atoms with Crippen molar-refractivity contribution in [3.05, 3.63) is 30.3 Å². The Labute approximate surface area is 173 Å². The number of carboxylic acid groups (broad SMARTS) is 1. The molecule has 3 rings (SSSR count). The Kier molecular flexibility index (Phi) is 6.22. The van der Waals surface area contributed by atoms with E-state index in [1.807, 2.05) is 35.4 Å². The molecule has 1 aliphatic carbocycles. The Bertz CT molecular complexity index is 704. The maximum atomic E-state index is 12.9. The quantitative estimate of drug-likeness (QED) is 0.704. The van der Waals surface area contributed by atoms with E-state index in [2.05, 4.69) is 27.7 Å². The van der Waals surface area contributed by atoms with Crippen molar-refractivity contribution in [3.63, 3.8) is 0 Å². The van der Waals surface area contributed by atoms with Crippen LogP contribution in [0.3, 0.4) is 0 Å². The number of hydrogen-bond donors (Lipinski definition) is 0. The number of ether oxygens (including phenoxy) is 1. The zero-order valence-corrected chi connectivity index (χ0v) is 17.8. The Morgan fingerprint density at radius 2 is 1.48 bits per heavy atom. The first-order chi connectivity index (χ1) is 13.6. The third kappa shape index (κ3) is 5.10. The van der Waals surface area contributed by atoms with Gasteiger partial charge in [-0.1, -0.05) is 18.2 Å². The van der Waals surface area contributed by atoms with E-state index in [4.69, 9.17) is 9.57 Å². The monoisotopic (exact) mass is 402 g/mol. The number of aliphatic carboxylic acids is 1. The molecule has 1 aromatic rings. The van der Waals surface area contributed by atoms with Crippen LogP contribution in [0.4, 0.5) is 0 Å². The highest BCUT2D eigenvalue weighted by Crippen LogP contribution is 2.42. The summed E-state index contributed by atoms with van der Waals surface area (Å²) in [6.07, 6.45) is 3.29. The molecule has 1 heterocycles. The fourth-order valence-corrected chi connectivity index (χ4v) is 4.94. The van der Waals surface area contributed by atoms with Crippen LogP contribution in [0.1, 0.15) is 66.2 Å². The number of hydrogen-bond acceptors (Lipinski definition) is 6. The summed E-state index contributed by atoms with van der Waals surface area (Å²) in [5.74, 6) is -1.03. The Balaban J connectivity index is 1.62. The van der Waals surface area contributed by atoms with Gasteiger partial charge in [-0.25, -0.2) is 0 Å². The second-order valence-electron chi connectivity index (χ2n) is 9.66. The summed E-state index contributed by atoms with van der Waals surface area (Å²) in [5, 5.41) is 13.0. The van der Waals surface area contributed by atoms with Crippen molar-refractivity contribution in [1.29, 1.82) is 0 Å². The summed E-state index contributed by atoms with van der Waals surface area (Å²) in [5.41, 5.74) is -0.707. The fraction of sp³-hybridized carbons (Fsp3) is 0.652. The minimum Gasteiger partial charge on any atom is -0.550 e. The average molecular weight is 403 g/mol. The van der Waals surface area contributed by atoms with E-state index in [0.29, 0.717) is 38.5 Å². The van der Waals surface area contributed by atoms with Crippen LogP contribution in [0.15, 0.2) is 30.3 Å². The molecule has 0 amide bonds. The van der Waals surface area contributed by atoms with Crippen molar-refractivity contribution >= 4 is 11.9 Å². The summed E-state index contributed by atoms with van der Waals surface area (Å²) < 4.78 is 5.79. The summed E-state index contributed by atoms with van der Waals surface area (Å²) in [4.78, 5) is 30.1. The molecule has 0 radical (unpaired) electrons. The van der Waals surface area contributed by atoms with Crippen molar-refractivity contribution in [2.45, 2.75) is 83.4 Å². The predicted octanol–water partition coefficient (Wildman–Crippen LogP) is 3.10. The number of piperidine rings is 1. The number of rotatable bonds is 5. The topological polar surface area (TPSA) is 78.9 Å². The van der Waals surface area contributed by atoms with Gasteiger partial charge in [0.05, 0.1) is 17.0 Å². The molecule has 0 bridgehead atoms. The number of carbonyl (C=O) groups is 2. The van der Waals surface area contributed by atoms with Crippen molar-refractivity contribution in [2.24, 2.45) is 11.8 Å². The molecule has 2 fully saturated rings. The molecule has 0 unspecified atom stereocenters. The molecule has 1 saturated heterocycles. The van der Waals surface area contributed by atoms with Gasteiger partial charge in [0.2, 0.25) is 0 Å². The highest BCUT2D eigenvalue weighted by molar-refractivity contribution is 5.73. The van der Waals surface area contributed by atoms with E-state index >= 15 is 0 Å². The highest BCUT2D eigenvalue weighted by atomic mass is 16.7. The van der Waals surface area contributed by atoms with E-state index in [9.17, 15) is 14.7 Å². The van der Waals surface area contributed by atoms with Crippen LogP contribution in [0.2, 0.25) is 0 Å². The number of hydroxylamine groups is 2. The van der Waals surface area contributed by atoms with Gasteiger partial charge >= 0.3 is 5.97 Å². The Morgan fingerprint density at radius 1 is 0.931 bits per heavy atom. The lowest BCUT2D eigenvalue weighted by molar-refractivity contribution is -0.312. The van der Waals surface area contributed by atoms with E-state index in [-0.39, 0.29) is 29.1 Å². The van der Waals surface area contributed by atoms with E-state index in [0.717, 1.165) is 5.75 Å². The molecule has 0 N–H and O–H groups in total. The van der Waals surface area contributed by atoms with Gasteiger partial charge in [0.25, 0.3) is 0 Å². The second kappa shape index (κ2) is 8.34. The molecule has 0 atom stereocenters. The van der Waals surface area contributed by atoms with E-state index < -0.39 is 11.9 Å². The zero-order valence-electron chi connectivity index (χ0n) is 17.8. The molecule has 29 heavy (non-hydrogen) atoms. The first-order valence-electron chi connectivity index (χ1n) is 10.5. The van der Waals surface area contributed by atoms with Gasteiger partial charge in [-0.05, 0) is 84.3 Å². The maximum absolute atomic E-state index is 12.9. The molecular weight excluding hydrogens is 370 g/mol. The van der Waals surface area contributed by atoms with Crippen molar-refractivity contribution < 1.29 is 24.3 Å². The van der Waals surface area contributed by atoms with Crippen LogP contribution in [0.5, 0.6) is 5.75 Å². The lowest BCUT2D eigenvalue weighted by Gasteiger charge is -2.52. The number of carbonyl (C=O) groups excluding carboxylic acids is 2. The number of nitrogens with zero attached hydrogens (tertiary/aromatic N) is 1. The second-order valence-corrected chi connectivity index (χ2v) is 9.66.